The maximum atomic E-state index is 13.2. The third-order valence-corrected chi connectivity index (χ3v) is 3.23. The number of nitrogens with one attached hydrogen (secondary N) is 1. The van der Waals surface area contributed by atoms with E-state index in [4.69, 9.17) is 9.26 Å². The standard InChI is InChI=1S/C17H13F2N3O3/c1-10-20-16(25-22-10)9-24-13-5-3-12(4-6-13)21-17(23)11-2-7-14(18)15(19)8-11/h2-8H,9H2,1H3,(H,21,23). The molecule has 0 aliphatic heterocycles. The third-order valence-electron chi connectivity index (χ3n) is 3.23. The molecule has 0 saturated carbocycles. The SMILES string of the molecule is Cc1noc(COc2ccc(NC(=O)c3ccc(F)c(F)c3)cc2)n1. The first kappa shape index (κ1) is 16.6. The molecule has 6 nitrogen and oxygen atoms in total. The number of amides is 1. The molecule has 8 heteroatoms. The van der Waals surface area contributed by atoms with E-state index in [1.165, 1.54) is 6.07 Å². The Morgan fingerprint density at radius 3 is 2.56 bits per heavy atom. The molecule has 128 valence electrons. The highest BCUT2D eigenvalue weighted by Gasteiger charge is 2.10. The number of benzene rings is 2. The van der Waals surface area contributed by atoms with Crippen LogP contribution in [0.15, 0.2) is 47.0 Å². The van der Waals surface area contributed by atoms with Gasteiger partial charge in [0.1, 0.15) is 5.75 Å². The van der Waals surface area contributed by atoms with Crippen LogP contribution >= 0.6 is 0 Å². The zero-order valence-electron chi connectivity index (χ0n) is 13.1. The Kier molecular flexibility index (Phi) is 4.69. The summed E-state index contributed by atoms with van der Waals surface area (Å²) in [5.74, 6) is -1.21. The summed E-state index contributed by atoms with van der Waals surface area (Å²) in [7, 11) is 0. The largest absolute Gasteiger partial charge is 0.484 e. The smallest absolute Gasteiger partial charge is 0.264 e. The van der Waals surface area contributed by atoms with Gasteiger partial charge in [-0.1, -0.05) is 5.16 Å². The van der Waals surface area contributed by atoms with E-state index in [0.29, 0.717) is 23.2 Å². The van der Waals surface area contributed by atoms with Crippen LogP contribution < -0.4 is 10.1 Å². The second kappa shape index (κ2) is 7.08. The number of halogens is 2. The number of hydrogen-bond donors (Lipinski definition) is 1. The first-order chi connectivity index (χ1) is 12.0. The van der Waals surface area contributed by atoms with Crippen LogP contribution in [0.25, 0.3) is 0 Å². The molecule has 0 aliphatic carbocycles. The van der Waals surface area contributed by atoms with Gasteiger partial charge in [0.2, 0.25) is 0 Å². The molecule has 1 amide bonds. The minimum atomic E-state index is -1.08. The van der Waals surface area contributed by atoms with E-state index in [2.05, 4.69) is 15.5 Å². The maximum Gasteiger partial charge on any atom is 0.264 e. The number of nitrogens with zero attached hydrogens (tertiary/aromatic N) is 2. The summed E-state index contributed by atoms with van der Waals surface area (Å²) in [6.45, 7) is 1.83. The average Bonchev–Trinajstić information content (AvgIpc) is 3.02. The molecule has 0 unspecified atom stereocenters. The van der Waals surface area contributed by atoms with Crippen LogP contribution in [-0.2, 0) is 6.61 Å². The third kappa shape index (κ3) is 4.17. The van der Waals surface area contributed by atoms with Crippen LogP contribution in [0.5, 0.6) is 5.75 Å². The fraction of sp³-hybridized carbons (Fsp3) is 0.118. The van der Waals surface area contributed by atoms with E-state index in [1.54, 1.807) is 31.2 Å². The van der Waals surface area contributed by atoms with E-state index in [-0.39, 0.29) is 12.2 Å². The Morgan fingerprint density at radius 2 is 1.92 bits per heavy atom. The van der Waals surface area contributed by atoms with E-state index < -0.39 is 17.5 Å². The second-order valence-electron chi connectivity index (χ2n) is 5.13. The van der Waals surface area contributed by atoms with Crippen molar-refractivity contribution in [2.45, 2.75) is 13.5 Å². The zero-order chi connectivity index (χ0) is 17.8. The number of hydrogen-bond acceptors (Lipinski definition) is 5. The van der Waals surface area contributed by atoms with Gasteiger partial charge < -0.3 is 14.6 Å². The number of carbonyl (C=O) groups excluding carboxylic acids is 1. The number of rotatable bonds is 5. The quantitative estimate of drug-likeness (QED) is 0.766. The molecule has 1 N–H and O–H groups in total. The zero-order valence-corrected chi connectivity index (χ0v) is 13.1. The van der Waals surface area contributed by atoms with Crippen molar-refractivity contribution >= 4 is 11.6 Å². The molecule has 3 aromatic rings. The predicted octanol–water partition coefficient (Wildman–Crippen LogP) is 3.49. The lowest BCUT2D eigenvalue weighted by Crippen LogP contribution is -2.12. The highest BCUT2D eigenvalue weighted by Crippen LogP contribution is 2.18. The number of ether oxygens (including phenoxy) is 1. The van der Waals surface area contributed by atoms with Crippen LogP contribution in [0.2, 0.25) is 0 Å². The van der Waals surface area contributed by atoms with Crippen molar-refractivity contribution in [3.8, 4) is 5.75 Å². The van der Waals surface area contributed by atoms with E-state index in [0.717, 1.165) is 12.1 Å². The summed E-state index contributed by atoms with van der Waals surface area (Å²) in [6.07, 6.45) is 0. The fourth-order valence-corrected chi connectivity index (χ4v) is 2.02. The van der Waals surface area contributed by atoms with Crippen LogP contribution in [0.4, 0.5) is 14.5 Å². The number of aromatic nitrogens is 2. The summed E-state index contributed by atoms with van der Waals surface area (Å²) in [4.78, 5) is 16.0. The molecule has 0 aliphatic rings. The van der Waals surface area contributed by atoms with Crippen molar-refractivity contribution in [3.63, 3.8) is 0 Å². The second-order valence-corrected chi connectivity index (χ2v) is 5.13. The van der Waals surface area contributed by atoms with Crippen molar-refractivity contribution in [3.05, 3.63) is 71.4 Å². The summed E-state index contributed by atoms with van der Waals surface area (Å²) in [6, 6.07) is 9.47. The lowest BCUT2D eigenvalue weighted by Gasteiger charge is -2.07. The number of carbonyl (C=O) groups is 1. The van der Waals surface area contributed by atoms with E-state index in [9.17, 15) is 13.6 Å². The minimum Gasteiger partial charge on any atom is -0.484 e. The molecule has 1 heterocycles. The minimum absolute atomic E-state index is 0.0194. The highest BCUT2D eigenvalue weighted by molar-refractivity contribution is 6.04. The molecule has 0 fully saturated rings. The monoisotopic (exact) mass is 345 g/mol. The van der Waals surface area contributed by atoms with Gasteiger partial charge in [0, 0.05) is 11.3 Å². The summed E-state index contributed by atoms with van der Waals surface area (Å²) in [5.41, 5.74) is 0.502. The van der Waals surface area contributed by atoms with Gasteiger partial charge in [-0.15, -0.1) is 0 Å². The fourth-order valence-electron chi connectivity index (χ4n) is 2.02. The van der Waals surface area contributed by atoms with Crippen molar-refractivity contribution < 1.29 is 22.8 Å². The maximum absolute atomic E-state index is 13.2. The van der Waals surface area contributed by atoms with Gasteiger partial charge in [0.15, 0.2) is 24.1 Å². The summed E-state index contributed by atoms with van der Waals surface area (Å²) < 4.78 is 36.5. The van der Waals surface area contributed by atoms with E-state index >= 15 is 0 Å². The molecule has 1 aromatic heterocycles. The van der Waals surface area contributed by atoms with Gasteiger partial charge in [0.25, 0.3) is 11.8 Å². The van der Waals surface area contributed by atoms with Crippen molar-refractivity contribution in [2.75, 3.05) is 5.32 Å². The summed E-state index contributed by atoms with van der Waals surface area (Å²) >= 11 is 0. The predicted molar refractivity (Wildman–Crippen MR) is 84.1 cm³/mol. The van der Waals surface area contributed by atoms with Gasteiger partial charge in [-0.25, -0.2) is 8.78 Å². The van der Waals surface area contributed by atoms with E-state index in [1.807, 2.05) is 0 Å². The molecule has 0 bridgehead atoms. The van der Waals surface area contributed by atoms with Crippen molar-refractivity contribution in [1.29, 1.82) is 0 Å². The molecule has 0 radical (unpaired) electrons. The first-order valence-corrected chi connectivity index (χ1v) is 7.30. The van der Waals surface area contributed by atoms with Gasteiger partial charge in [-0.05, 0) is 49.4 Å². The number of anilines is 1. The van der Waals surface area contributed by atoms with Gasteiger partial charge >= 0.3 is 0 Å². The molecule has 3 rings (SSSR count). The topological polar surface area (TPSA) is 77.3 Å². The first-order valence-electron chi connectivity index (χ1n) is 7.30. The Labute approximate surface area is 141 Å². The molecule has 25 heavy (non-hydrogen) atoms. The molecule has 0 spiro atoms. The molecule has 0 saturated heterocycles. The lowest BCUT2D eigenvalue weighted by atomic mass is 10.2. The lowest BCUT2D eigenvalue weighted by molar-refractivity contribution is 0.102. The van der Waals surface area contributed by atoms with Gasteiger partial charge in [0.05, 0.1) is 0 Å². The highest BCUT2D eigenvalue weighted by atomic mass is 19.2. The van der Waals surface area contributed by atoms with Crippen LogP contribution in [0.3, 0.4) is 0 Å². The number of aryl methyl sites for hydroxylation is 1. The molecular weight excluding hydrogens is 332 g/mol. The molecule has 2 aromatic carbocycles. The van der Waals surface area contributed by atoms with Crippen LogP contribution in [-0.4, -0.2) is 16.0 Å². The van der Waals surface area contributed by atoms with Gasteiger partial charge in [-0.3, -0.25) is 4.79 Å². The average molecular weight is 345 g/mol. The molecule has 0 atom stereocenters. The Hall–Kier alpha value is -3.29. The van der Waals surface area contributed by atoms with Crippen LogP contribution in [0.1, 0.15) is 22.1 Å². The summed E-state index contributed by atoms with van der Waals surface area (Å²) in [5, 5.41) is 6.24. The Morgan fingerprint density at radius 1 is 1.16 bits per heavy atom. The molecular formula is C17H13F2N3O3. The normalized spacial score (nSPS) is 10.5. The van der Waals surface area contributed by atoms with Gasteiger partial charge in [-0.2, -0.15) is 4.98 Å². The Balaban J connectivity index is 1.60. The Bertz CT molecular complexity index is 894. The van der Waals surface area contributed by atoms with Crippen molar-refractivity contribution in [1.82, 2.24) is 10.1 Å². The van der Waals surface area contributed by atoms with Crippen molar-refractivity contribution in [2.24, 2.45) is 0 Å². The van der Waals surface area contributed by atoms with Crippen LogP contribution in [0, 0.1) is 18.6 Å².